The minimum Gasteiger partial charge on any atom is -0.484 e. The summed E-state index contributed by atoms with van der Waals surface area (Å²) in [5.41, 5.74) is 2.54. The van der Waals surface area contributed by atoms with Gasteiger partial charge in [-0.15, -0.1) is 0 Å². The third-order valence-electron chi connectivity index (χ3n) is 3.63. The normalized spacial score (nSPS) is 10.6. The van der Waals surface area contributed by atoms with Gasteiger partial charge in [0.05, 0.1) is 0 Å². The molecule has 1 aromatic heterocycles. The number of anilines is 1. The van der Waals surface area contributed by atoms with Crippen molar-refractivity contribution < 1.29 is 13.9 Å². The summed E-state index contributed by atoms with van der Waals surface area (Å²) >= 11 is 0. The van der Waals surface area contributed by atoms with E-state index in [4.69, 9.17) is 9.15 Å². The molecule has 0 unspecified atom stereocenters. The molecular formula is C19H17NO4. The average Bonchev–Trinajstić information content (AvgIpc) is 2.54. The Morgan fingerprint density at radius 3 is 2.58 bits per heavy atom. The Kier molecular flexibility index (Phi) is 4.33. The van der Waals surface area contributed by atoms with Crippen LogP contribution in [0.5, 0.6) is 5.75 Å². The van der Waals surface area contributed by atoms with E-state index in [1.54, 1.807) is 12.1 Å². The van der Waals surface area contributed by atoms with Crippen LogP contribution in [0.2, 0.25) is 0 Å². The topological polar surface area (TPSA) is 68.5 Å². The molecule has 0 fully saturated rings. The van der Waals surface area contributed by atoms with Crippen molar-refractivity contribution >= 4 is 22.6 Å². The Hall–Kier alpha value is -3.08. The fourth-order valence-corrected chi connectivity index (χ4v) is 2.38. The van der Waals surface area contributed by atoms with Crippen LogP contribution < -0.4 is 15.7 Å². The Morgan fingerprint density at radius 1 is 1.08 bits per heavy atom. The van der Waals surface area contributed by atoms with Gasteiger partial charge in [-0.1, -0.05) is 17.7 Å². The maximum Gasteiger partial charge on any atom is 0.336 e. The van der Waals surface area contributed by atoms with Crippen LogP contribution in [0.1, 0.15) is 11.1 Å². The van der Waals surface area contributed by atoms with Gasteiger partial charge in [-0.3, -0.25) is 4.79 Å². The minimum absolute atomic E-state index is 0.0983. The first kappa shape index (κ1) is 15.8. The molecule has 122 valence electrons. The van der Waals surface area contributed by atoms with Crippen LogP contribution in [0.15, 0.2) is 57.7 Å². The summed E-state index contributed by atoms with van der Waals surface area (Å²) < 4.78 is 10.6. The zero-order valence-corrected chi connectivity index (χ0v) is 13.5. The first-order valence-corrected chi connectivity index (χ1v) is 7.55. The number of hydrogen-bond donors (Lipinski definition) is 1. The van der Waals surface area contributed by atoms with Gasteiger partial charge < -0.3 is 14.5 Å². The molecule has 1 heterocycles. The first-order chi connectivity index (χ1) is 11.5. The van der Waals surface area contributed by atoms with Gasteiger partial charge in [0.25, 0.3) is 5.91 Å². The highest BCUT2D eigenvalue weighted by atomic mass is 16.5. The van der Waals surface area contributed by atoms with Crippen molar-refractivity contribution in [3.05, 3.63) is 70.1 Å². The molecule has 1 amide bonds. The van der Waals surface area contributed by atoms with Crippen LogP contribution in [-0.2, 0) is 4.79 Å². The number of amides is 1. The van der Waals surface area contributed by atoms with Crippen LogP contribution in [0, 0.1) is 13.8 Å². The number of nitrogens with one attached hydrogen (secondary N) is 1. The molecule has 3 rings (SSSR count). The molecule has 0 aliphatic carbocycles. The summed E-state index contributed by atoms with van der Waals surface area (Å²) in [5.74, 6) is 0.348. The number of benzene rings is 2. The summed E-state index contributed by atoms with van der Waals surface area (Å²) in [4.78, 5) is 23.4. The molecule has 2 aromatic carbocycles. The molecule has 0 aliphatic rings. The summed E-state index contributed by atoms with van der Waals surface area (Å²) in [5, 5.41) is 3.57. The lowest BCUT2D eigenvalue weighted by Gasteiger charge is -2.08. The average molecular weight is 323 g/mol. The Morgan fingerprint density at radius 2 is 1.83 bits per heavy atom. The second-order valence-electron chi connectivity index (χ2n) is 5.61. The molecule has 24 heavy (non-hydrogen) atoms. The van der Waals surface area contributed by atoms with Crippen molar-refractivity contribution in [2.45, 2.75) is 13.8 Å². The number of aryl methyl sites for hydroxylation is 2. The highest BCUT2D eigenvalue weighted by Gasteiger charge is 2.07. The minimum atomic E-state index is -0.411. The van der Waals surface area contributed by atoms with Crippen LogP contribution in [0.25, 0.3) is 11.0 Å². The fraction of sp³-hybridized carbons (Fsp3) is 0.158. The molecule has 5 nitrogen and oxygen atoms in total. The lowest BCUT2D eigenvalue weighted by Crippen LogP contribution is -2.20. The summed E-state index contributed by atoms with van der Waals surface area (Å²) in [6, 6.07) is 14.1. The summed E-state index contributed by atoms with van der Waals surface area (Å²) in [6.07, 6.45) is 0. The smallest absolute Gasteiger partial charge is 0.336 e. The Labute approximate surface area is 138 Å². The molecule has 0 bridgehead atoms. The molecule has 3 aromatic rings. The third-order valence-corrected chi connectivity index (χ3v) is 3.63. The third kappa shape index (κ3) is 3.63. The molecule has 0 spiro atoms. The van der Waals surface area contributed by atoms with Crippen molar-refractivity contribution in [2.24, 2.45) is 0 Å². The monoisotopic (exact) mass is 323 g/mol. The van der Waals surface area contributed by atoms with Gasteiger partial charge in [-0.05, 0) is 43.7 Å². The predicted molar refractivity (Wildman–Crippen MR) is 92.5 cm³/mol. The van der Waals surface area contributed by atoms with Gasteiger partial charge >= 0.3 is 5.63 Å². The largest absolute Gasteiger partial charge is 0.484 e. The van der Waals surface area contributed by atoms with E-state index in [1.807, 2.05) is 44.2 Å². The number of rotatable bonds is 4. The van der Waals surface area contributed by atoms with Crippen molar-refractivity contribution in [3.8, 4) is 5.75 Å². The van der Waals surface area contributed by atoms with Gasteiger partial charge in [-0.2, -0.15) is 0 Å². The quantitative estimate of drug-likeness (QED) is 0.747. The first-order valence-electron chi connectivity index (χ1n) is 7.55. The maximum absolute atomic E-state index is 12.0. The van der Waals surface area contributed by atoms with E-state index in [-0.39, 0.29) is 12.5 Å². The summed E-state index contributed by atoms with van der Waals surface area (Å²) in [6.45, 7) is 3.72. The maximum atomic E-state index is 12.0. The van der Waals surface area contributed by atoms with Gasteiger partial charge in [0.1, 0.15) is 11.3 Å². The molecule has 0 saturated heterocycles. The fourth-order valence-electron chi connectivity index (χ4n) is 2.38. The van der Waals surface area contributed by atoms with Gasteiger partial charge in [-0.25, -0.2) is 4.79 Å². The second-order valence-corrected chi connectivity index (χ2v) is 5.61. The van der Waals surface area contributed by atoms with Gasteiger partial charge in [0, 0.05) is 23.2 Å². The highest BCUT2D eigenvalue weighted by molar-refractivity contribution is 5.94. The van der Waals surface area contributed by atoms with Crippen molar-refractivity contribution in [1.29, 1.82) is 0 Å². The molecule has 0 atom stereocenters. The molecule has 0 aliphatic heterocycles. The van der Waals surface area contributed by atoms with Crippen LogP contribution >= 0.6 is 0 Å². The van der Waals surface area contributed by atoms with Crippen molar-refractivity contribution in [3.63, 3.8) is 0 Å². The number of hydrogen-bond acceptors (Lipinski definition) is 4. The number of ether oxygens (including phenoxy) is 1. The standard InChI is InChI=1S/C19H17NO4/c1-12-3-6-15(7-4-12)23-11-18(21)20-14-5-8-16-13(2)9-19(22)24-17(16)10-14/h3-10H,11H2,1-2H3,(H,20,21). The number of fused-ring (bicyclic) bond motifs is 1. The molecule has 1 N–H and O–H groups in total. The van der Waals surface area contributed by atoms with E-state index in [0.717, 1.165) is 16.5 Å². The highest BCUT2D eigenvalue weighted by Crippen LogP contribution is 2.20. The van der Waals surface area contributed by atoms with Crippen molar-refractivity contribution in [1.82, 2.24) is 0 Å². The van der Waals surface area contributed by atoms with E-state index < -0.39 is 5.63 Å². The zero-order valence-electron chi connectivity index (χ0n) is 13.5. The predicted octanol–water partition coefficient (Wildman–Crippen LogP) is 3.43. The van der Waals surface area contributed by atoms with E-state index in [0.29, 0.717) is 17.0 Å². The van der Waals surface area contributed by atoms with E-state index >= 15 is 0 Å². The lowest BCUT2D eigenvalue weighted by atomic mass is 10.1. The van der Waals surface area contributed by atoms with Crippen LogP contribution in [0.3, 0.4) is 0 Å². The number of carbonyl (C=O) groups is 1. The van der Waals surface area contributed by atoms with Gasteiger partial charge in [0.15, 0.2) is 6.61 Å². The molecular weight excluding hydrogens is 306 g/mol. The van der Waals surface area contributed by atoms with Crippen molar-refractivity contribution in [2.75, 3.05) is 11.9 Å². The molecule has 0 radical (unpaired) electrons. The number of carbonyl (C=O) groups excluding carboxylic acids is 1. The second kappa shape index (κ2) is 6.58. The lowest BCUT2D eigenvalue weighted by molar-refractivity contribution is -0.118. The van der Waals surface area contributed by atoms with Gasteiger partial charge in [0.2, 0.25) is 0 Å². The zero-order chi connectivity index (χ0) is 17.1. The Bertz CT molecular complexity index is 942. The van der Waals surface area contributed by atoms with E-state index in [9.17, 15) is 9.59 Å². The summed E-state index contributed by atoms with van der Waals surface area (Å²) in [7, 11) is 0. The SMILES string of the molecule is Cc1ccc(OCC(=O)Nc2ccc3c(C)cc(=O)oc3c2)cc1. The molecule has 5 heteroatoms. The van der Waals surface area contributed by atoms with Crippen LogP contribution in [-0.4, -0.2) is 12.5 Å². The van der Waals surface area contributed by atoms with E-state index in [2.05, 4.69) is 5.32 Å². The Balaban J connectivity index is 1.69. The van der Waals surface area contributed by atoms with Crippen LogP contribution in [0.4, 0.5) is 5.69 Å². The molecule has 0 saturated carbocycles. The van der Waals surface area contributed by atoms with E-state index in [1.165, 1.54) is 6.07 Å².